The van der Waals surface area contributed by atoms with E-state index in [9.17, 15) is 9.90 Å². The Morgan fingerprint density at radius 1 is 1.38 bits per heavy atom. The van der Waals surface area contributed by atoms with Gasteiger partial charge in [0.15, 0.2) is 0 Å². The summed E-state index contributed by atoms with van der Waals surface area (Å²) < 4.78 is 0. The molecule has 1 fully saturated rings. The van der Waals surface area contributed by atoms with E-state index in [1.54, 1.807) is 6.92 Å². The molecule has 0 bridgehead atoms. The number of likely N-dealkylation sites (N-methyl/N-ethyl adjacent to an activating group) is 1. The number of rotatable bonds is 5. The van der Waals surface area contributed by atoms with E-state index in [1.807, 2.05) is 18.9 Å². The number of hydrogen-bond acceptors (Lipinski definition) is 3. The van der Waals surface area contributed by atoms with Gasteiger partial charge in [-0.05, 0) is 26.8 Å². The minimum absolute atomic E-state index is 0.0536. The van der Waals surface area contributed by atoms with Crippen LogP contribution in [0.3, 0.4) is 0 Å². The molecule has 0 aromatic heterocycles. The molecular weight excluding hydrogens is 206 g/mol. The van der Waals surface area contributed by atoms with E-state index >= 15 is 0 Å². The van der Waals surface area contributed by atoms with Gasteiger partial charge >= 0.3 is 5.97 Å². The number of hydrogen-bond donors (Lipinski definition) is 2. The van der Waals surface area contributed by atoms with Crippen LogP contribution in [0.2, 0.25) is 0 Å². The minimum atomic E-state index is -0.780. The predicted molar refractivity (Wildman–Crippen MR) is 62.3 cm³/mol. The molecule has 2 atom stereocenters. The van der Waals surface area contributed by atoms with Crippen molar-refractivity contribution >= 4 is 5.97 Å². The molecule has 0 aromatic rings. The number of carbonyl (C=O) groups is 1. The lowest BCUT2D eigenvalue weighted by molar-refractivity contribution is -0.143. The molecule has 1 aliphatic carbocycles. The van der Waals surface area contributed by atoms with Gasteiger partial charge in [0.25, 0.3) is 0 Å². The average molecular weight is 229 g/mol. The van der Waals surface area contributed by atoms with E-state index in [0.717, 1.165) is 25.7 Å². The third-order valence-electron chi connectivity index (χ3n) is 3.89. The van der Waals surface area contributed by atoms with Crippen molar-refractivity contribution < 1.29 is 15.0 Å². The van der Waals surface area contributed by atoms with Crippen LogP contribution in [-0.2, 0) is 4.79 Å². The Bertz CT molecular complexity index is 249. The summed E-state index contributed by atoms with van der Waals surface area (Å²) in [5.74, 6) is -1.19. The summed E-state index contributed by atoms with van der Waals surface area (Å²) in [6.07, 6.45) is 3.83. The topological polar surface area (TPSA) is 60.8 Å². The first-order valence-electron chi connectivity index (χ1n) is 6.01. The summed E-state index contributed by atoms with van der Waals surface area (Å²) in [5, 5.41) is 19.2. The maximum absolute atomic E-state index is 10.9. The standard InChI is InChI=1S/C12H23NO3/c1-9(11(14)15)10(2)13(3)8-12(16)6-4-5-7-12/h9-10,16H,4-8H2,1-3H3,(H,14,15). The molecule has 0 spiro atoms. The maximum Gasteiger partial charge on any atom is 0.307 e. The quantitative estimate of drug-likeness (QED) is 0.746. The van der Waals surface area contributed by atoms with Crippen LogP contribution in [0.4, 0.5) is 0 Å². The van der Waals surface area contributed by atoms with Crippen LogP contribution in [0.25, 0.3) is 0 Å². The lowest BCUT2D eigenvalue weighted by Gasteiger charge is -2.34. The molecule has 0 amide bonds. The van der Waals surface area contributed by atoms with E-state index in [-0.39, 0.29) is 6.04 Å². The Morgan fingerprint density at radius 3 is 2.31 bits per heavy atom. The number of nitrogens with zero attached hydrogens (tertiary/aromatic N) is 1. The Kier molecular flexibility index (Phi) is 4.33. The fraction of sp³-hybridized carbons (Fsp3) is 0.917. The molecule has 16 heavy (non-hydrogen) atoms. The van der Waals surface area contributed by atoms with Crippen molar-refractivity contribution in [3.05, 3.63) is 0 Å². The minimum Gasteiger partial charge on any atom is -0.481 e. The van der Waals surface area contributed by atoms with Crippen molar-refractivity contribution in [3.63, 3.8) is 0 Å². The van der Waals surface area contributed by atoms with Crippen molar-refractivity contribution in [3.8, 4) is 0 Å². The summed E-state index contributed by atoms with van der Waals surface area (Å²) in [6.45, 7) is 4.19. The third-order valence-corrected chi connectivity index (χ3v) is 3.89. The summed E-state index contributed by atoms with van der Waals surface area (Å²) >= 11 is 0. The maximum atomic E-state index is 10.9. The van der Waals surface area contributed by atoms with Gasteiger partial charge in [-0.15, -0.1) is 0 Å². The van der Waals surface area contributed by atoms with Gasteiger partial charge in [-0.2, -0.15) is 0 Å². The fourth-order valence-electron chi connectivity index (χ4n) is 2.39. The normalized spacial score (nSPS) is 23.3. The van der Waals surface area contributed by atoms with Gasteiger partial charge in [0, 0.05) is 12.6 Å². The fourth-order valence-corrected chi connectivity index (χ4v) is 2.39. The van der Waals surface area contributed by atoms with Gasteiger partial charge in [0.1, 0.15) is 0 Å². The third kappa shape index (κ3) is 3.19. The molecule has 94 valence electrons. The van der Waals surface area contributed by atoms with E-state index in [4.69, 9.17) is 5.11 Å². The highest BCUT2D eigenvalue weighted by molar-refractivity contribution is 5.70. The van der Waals surface area contributed by atoms with Crippen molar-refractivity contribution in [2.45, 2.75) is 51.2 Å². The first-order valence-corrected chi connectivity index (χ1v) is 6.01. The summed E-state index contributed by atoms with van der Waals surface area (Å²) in [5.41, 5.74) is -0.596. The number of carboxylic acid groups (broad SMARTS) is 1. The first kappa shape index (κ1) is 13.5. The van der Waals surface area contributed by atoms with Gasteiger partial charge < -0.3 is 10.2 Å². The molecule has 0 aliphatic heterocycles. The smallest absolute Gasteiger partial charge is 0.307 e. The highest BCUT2D eigenvalue weighted by Crippen LogP contribution is 2.30. The molecule has 2 N–H and O–H groups in total. The lowest BCUT2D eigenvalue weighted by Crippen LogP contribution is -2.46. The Labute approximate surface area is 97.3 Å². The van der Waals surface area contributed by atoms with Crippen LogP contribution >= 0.6 is 0 Å². The van der Waals surface area contributed by atoms with Crippen LogP contribution in [0.15, 0.2) is 0 Å². The van der Waals surface area contributed by atoms with Crippen LogP contribution in [0.1, 0.15) is 39.5 Å². The predicted octanol–water partition coefficient (Wildman–Crippen LogP) is 1.33. The van der Waals surface area contributed by atoms with Gasteiger partial charge in [0.05, 0.1) is 11.5 Å². The highest BCUT2D eigenvalue weighted by Gasteiger charge is 2.34. The van der Waals surface area contributed by atoms with Crippen molar-refractivity contribution in [2.75, 3.05) is 13.6 Å². The molecule has 1 rings (SSSR count). The van der Waals surface area contributed by atoms with E-state index in [1.165, 1.54) is 0 Å². The summed E-state index contributed by atoms with van der Waals surface area (Å²) in [7, 11) is 1.89. The Morgan fingerprint density at radius 2 is 1.88 bits per heavy atom. The molecule has 4 heteroatoms. The first-order chi connectivity index (χ1) is 7.36. The van der Waals surface area contributed by atoms with Crippen LogP contribution in [0, 0.1) is 5.92 Å². The average Bonchev–Trinajstić information content (AvgIpc) is 2.62. The van der Waals surface area contributed by atoms with Gasteiger partial charge in [-0.3, -0.25) is 9.69 Å². The number of aliphatic hydroxyl groups is 1. The molecule has 0 aromatic carbocycles. The van der Waals surface area contributed by atoms with Crippen LogP contribution in [0.5, 0.6) is 0 Å². The zero-order valence-electron chi connectivity index (χ0n) is 10.4. The molecule has 4 nitrogen and oxygen atoms in total. The van der Waals surface area contributed by atoms with Crippen LogP contribution < -0.4 is 0 Å². The number of carboxylic acids is 1. The summed E-state index contributed by atoms with van der Waals surface area (Å²) in [4.78, 5) is 12.8. The Hall–Kier alpha value is -0.610. The number of aliphatic carboxylic acids is 1. The molecule has 2 unspecified atom stereocenters. The SMILES string of the molecule is CC(C(=O)O)C(C)N(C)CC1(O)CCCC1. The lowest BCUT2D eigenvalue weighted by atomic mass is 9.98. The zero-order chi connectivity index (χ0) is 12.3. The largest absolute Gasteiger partial charge is 0.481 e. The molecule has 1 saturated carbocycles. The van der Waals surface area contributed by atoms with Gasteiger partial charge in [-0.1, -0.05) is 19.8 Å². The molecule has 0 radical (unpaired) electrons. The summed E-state index contributed by atoms with van der Waals surface area (Å²) in [6, 6.07) is -0.0536. The molecule has 0 saturated heterocycles. The van der Waals surface area contributed by atoms with Crippen molar-refractivity contribution in [1.29, 1.82) is 0 Å². The molecule has 0 heterocycles. The van der Waals surface area contributed by atoms with E-state index < -0.39 is 17.5 Å². The molecular formula is C12H23NO3. The highest BCUT2D eigenvalue weighted by atomic mass is 16.4. The molecule has 1 aliphatic rings. The zero-order valence-corrected chi connectivity index (χ0v) is 10.4. The van der Waals surface area contributed by atoms with Gasteiger partial charge in [-0.25, -0.2) is 0 Å². The second kappa shape index (κ2) is 5.15. The van der Waals surface area contributed by atoms with E-state index in [2.05, 4.69) is 0 Å². The van der Waals surface area contributed by atoms with E-state index in [0.29, 0.717) is 6.54 Å². The van der Waals surface area contributed by atoms with Crippen LogP contribution in [-0.4, -0.2) is 46.3 Å². The second-order valence-corrected chi connectivity index (χ2v) is 5.21. The van der Waals surface area contributed by atoms with Gasteiger partial charge in [0.2, 0.25) is 0 Å². The van der Waals surface area contributed by atoms with Crippen molar-refractivity contribution in [2.24, 2.45) is 5.92 Å². The Balaban J connectivity index is 2.50. The second-order valence-electron chi connectivity index (χ2n) is 5.21. The van der Waals surface area contributed by atoms with Crippen molar-refractivity contribution in [1.82, 2.24) is 4.90 Å². The monoisotopic (exact) mass is 229 g/mol.